The van der Waals surface area contributed by atoms with Gasteiger partial charge in [0.25, 0.3) is 0 Å². The number of benzene rings is 9. The summed E-state index contributed by atoms with van der Waals surface area (Å²) < 4.78 is 4.85. The minimum atomic E-state index is -0.661. The highest BCUT2D eigenvalue weighted by Crippen LogP contribution is 2.58. The summed E-state index contributed by atoms with van der Waals surface area (Å²) in [7, 11) is 0. The molecule has 4 aromatic heterocycles. The molecule has 0 spiro atoms. The zero-order chi connectivity index (χ0) is 49.1. The van der Waals surface area contributed by atoms with Gasteiger partial charge in [-0.25, -0.2) is 4.98 Å². The molecular weight excluding hydrogens is 901 g/mol. The van der Waals surface area contributed by atoms with E-state index in [1.165, 1.54) is 54.8 Å². The van der Waals surface area contributed by atoms with E-state index >= 15 is 0 Å². The number of fused-ring (bicyclic) bond motifs is 10. The maximum atomic E-state index is 5.95. The molecule has 9 aromatic carbocycles. The van der Waals surface area contributed by atoms with E-state index in [9.17, 15) is 0 Å². The zero-order valence-electron chi connectivity index (χ0n) is 40.9. The minimum Gasteiger partial charge on any atom is -0.309 e. The van der Waals surface area contributed by atoms with Crippen LogP contribution >= 0.6 is 0 Å². The summed E-state index contributed by atoms with van der Waals surface area (Å²) in [5.41, 5.74) is 17.0. The van der Waals surface area contributed by atoms with Crippen molar-refractivity contribution in [3.63, 3.8) is 0 Å². The van der Waals surface area contributed by atoms with E-state index in [1.54, 1.807) is 0 Å². The van der Waals surface area contributed by atoms with E-state index in [2.05, 4.69) is 275 Å². The first-order valence-electron chi connectivity index (χ1n) is 25.5. The second-order valence-corrected chi connectivity index (χ2v) is 20.2. The standard InChI is InChI=1S/C68H48N6/c1-67(2)53-29-13-19-35-61(53)73(63-38-37-47(41-56(63)67)71-57-31-15-9-25-49(57)50-26-10-16-32-58(50)71)65-42-48(72-59-33-17-11-27-51(59)52-28-12-18-34-60(52)72)43-66(70-65)74-62-36-20-14-30-54(62)68(45-21-5-3-6-22-45,46-23-7-4-8-24-46)55-39-40-69-44-64(55)74/h3-44H,1-2H3. The van der Waals surface area contributed by atoms with Crippen molar-refractivity contribution in [1.29, 1.82) is 0 Å². The predicted octanol–water partition coefficient (Wildman–Crippen LogP) is 16.9. The summed E-state index contributed by atoms with van der Waals surface area (Å²) in [6, 6.07) is 88.5. The summed E-state index contributed by atoms with van der Waals surface area (Å²) in [5.74, 6) is 1.58. The first-order chi connectivity index (χ1) is 36.5. The highest BCUT2D eigenvalue weighted by atomic mass is 15.3. The van der Waals surface area contributed by atoms with Gasteiger partial charge in [-0.05, 0) is 94.0 Å². The van der Waals surface area contributed by atoms with Gasteiger partial charge in [-0.2, -0.15) is 0 Å². The van der Waals surface area contributed by atoms with Crippen LogP contribution in [0.3, 0.4) is 0 Å². The van der Waals surface area contributed by atoms with Gasteiger partial charge in [-0.1, -0.05) is 184 Å². The molecule has 0 atom stereocenters. The first kappa shape index (κ1) is 42.2. The third-order valence-electron chi connectivity index (χ3n) is 16.0. The largest absolute Gasteiger partial charge is 0.309 e. The average molecular weight is 949 g/mol. The molecule has 0 saturated carbocycles. The Bertz CT molecular complexity index is 4180. The molecule has 0 aliphatic carbocycles. The number of aromatic nitrogens is 4. The van der Waals surface area contributed by atoms with Gasteiger partial charge in [-0.3, -0.25) is 14.8 Å². The van der Waals surface area contributed by atoms with Gasteiger partial charge in [0.15, 0.2) is 0 Å². The smallest absolute Gasteiger partial charge is 0.142 e. The van der Waals surface area contributed by atoms with Gasteiger partial charge in [0.2, 0.25) is 0 Å². The molecule has 2 aliphatic heterocycles. The van der Waals surface area contributed by atoms with Crippen molar-refractivity contribution in [2.24, 2.45) is 0 Å². The van der Waals surface area contributed by atoms with E-state index < -0.39 is 5.41 Å². The molecule has 0 N–H and O–H groups in total. The van der Waals surface area contributed by atoms with Gasteiger partial charge < -0.3 is 9.13 Å². The second-order valence-electron chi connectivity index (χ2n) is 20.2. The van der Waals surface area contributed by atoms with Crippen LogP contribution in [0, 0.1) is 0 Å². The Morgan fingerprint density at radius 3 is 1.31 bits per heavy atom. The van der Waals surface area contributed by atoms with E-state index in [4.69, 9.17) is 9.97 Å². The number of pyridine rings is 2. The number of para-hydroxylation sites is 6. The Balaban J connectivity index is 1.02. The summed E-state index contributed by atoms with van der Waals surface area (Å²) in [6.07, 6.45) is 3.97. The number of hydrogen-bond acceptors (Lipinski definition) is 4. The van der Waals surface area contributed by atoms with E-state index in [1.807, 2.05) is 12.4 Å². The van der Waals surface area contributed by atoms with Gasteiger partial charge in [0.1, 0.15) is 11.6 Å². The number of rotatable bonds is 6. The number of hydrogen-bond donors (Lipinski definition) is 0. The average Bonchev–Trinajstić information content (AvgIpc) is 3.99. The van der Waals surface area contributed by atoms with Crippen LogP contribution < -0.4 is 9.80 Å². The predicted molar refractivity (Wildman–Crippen MR) is 304 cm³/mol. The topological polar surface area (TPSA) is 42.1 Å². The van der Waals surface area contributed by atoms with Crippen molar-refractivity contribution in [2.45, 2.75) is 24.7 Å². The van der Waals surface area contributed by atoms with Crippen LogP contribution in [-0.2, 0) is 10.8 Å². The fraction of sp³-hybridized carbons (Fsp3) is 0.0588. The molecule has 0 radical (unpaired) electrons. The van der Waals surface area contributed by atoms with Gasteiger partial charge in [0.05, 0.1) is 62.1 Å². The highest BCUT2D eigenvalue weighted by molar-refractivity contribution is 6.10. The number of anilines is 6. The van der Waals surface area contributed by atoms with Crippen LogP contribution in [0.2, 0.25) is 0 Å². The van der Waals surface area contributed by atoms with Gasteiger partial charge >= 0.3 is 0 Å². The molecule has 0 fully saturated rings. The molecule has 6 heteroatoms. The number of nitrogens with zero attached hydrogens (tertiary/aromatic N) is 6. The fourth-order valence-electron chi connectivity index (χ4n) is 12.9. The van der Waals surface area contributed by atoms with E-state index in [0.29, 0.717) is 0 Å². The van der Waals surface area contributed by atoms with Crippen LogP contribution in [-0.4, -0.2) is 19.1 Å². The summed E-state index contributed by atoms with van der Waals surface area (Å²) >= 11 is 0. The van der Waals surface area contributed by atoms with Crippen molar-refractivity contribution in [3.8, 4) is 11.4 Å². The van der Waals surface area contributed by atoms with Crippen molar-refractivity contribution in [3.05, 3.63) is 288 Å². The molecule has 350 valence electrons. The third kappa shape index (κ3) is 5.88. The van der Waals surface area contributed by atoms with Crippen LogP contribution in [0.1, 0.15) is 47.2 Å². The van der Waals surface area contributed by atoms with Crippen LogP contribution in [0.5, 0.6) is 0 Å². The second kappa shape index (κ2) is 16.0. The van der Waals surface area contributed by atoms with Crippen molar-refractivity contribution >= 4 is 78.0 Å². The van der Waals surface area contributed by atoms with E-state index in [-0.39, 0.29) is 5.41 Å². The summed E-state index contributed by atoms with van der Waals surface area (Å²) in [6.45, 7) is 4.73. The lowest BCUT2D eigenvalue weighted by Gasteiger charge is -2.46. The Hall–Kier alpha value is -9.52. The SMILES string of the molecule is CC1(C)c2ccccc2N(c2cc(-n3c4ccccc4c4ccccc43)cc(N3c4ccccc4C(c4ccccc4)(c4ccccc4)c4ccncc43)n2)c2ccc(-n3c4ccccc4c4ccccc43)cc21. The molecule has 6 nitrogen and oxygen atoms in total. The van der Waals surface area contributed by atoms with Crippen molar-refractivity contribution < 1.29 is 0 Å². The molecule has 15 rings (SSSR count). The molecule has 13 aromatic rings. The summed E-state index contributed by atoms with van der Waals surface area (Å²) in [5, 5.41) is 4.88. The van der Waals surface area contributed by atoms with Gasteiger partial charge in [0, 0.05) is 51.0 Å². The Labute approximate surface area is 429 Å². The highest BCUT2D eigenvalue weighted by Gasteiger charge is 2.47. The Morgan fingerprint density at radius 2 is 0.757 bits per heavy atom. The molecule has 0 saturated heterocycles. The van der Waals surface area contributed by atoms with Crippen molar-refractivity contribution in [2.75, 3.05) is 9.80 Å². The van der Waals surface area contributed by atoms with Crippen LogP contribution in [0.25, 0.3) is 55.0 Å². The molecule has 0 bridgehead atoms. The maximum absolute atomic E-state index is 5.95. The van der Waals surface area contributed by atoms with Gasteiger partial charge in [-0.15, -0.1) is 0 Å². The molecular formula is C68H48N6. The molecule has 2 aliphatic rings. The monoisotopic (exact) mass is 948 g/mol. The first-order valence-corrected chi connectivity index (χ1v) is 25.5. The lowest BCUT2D eigenvalue weighted by molar-refractivity contribution is 0.631. The van der Waals surface area contributed by atoms with E-state index in [0.717, 1.165) is 67.9 Å². The molecule has 0 unspecified atom stereocenters. The lowest BCUT2D eigenvalue weighted by atomic mass is 9.62. The van der Waals surface area contributed by atoms with Crippen LogP contribution in [0.15, 0.2) is 255 Å². The third-order valence-corrected chi connectivity index (χ3v) is 16.0. The fourth-order valence-corrected chi connectivity index (χ4v) is 12.9. The van der Waals surface area contributed by atoms with Crippen LogP contribution in [0.4, 0.5) is 34.4 Å². The Morgan fingerprint density at radius 1 is 0.338 bits per heavy atom. The maximum Gasteiger partial charge on any atom is 0.142 e. The zero-order valence-corrected chi connectivity index (χ0v) is 40.9. The summed E-state index contributed by atoms with van der Waals surface area (Å²) in [4.78, 5) is 15.6. The molecule has 6 heterocycles. The minimum absolute atomic E-state index is 0.362. The van der Waals surface area contributed by atoms with Crippen molar-refractivity contribution in [1.82, 2.24) is 19.1 Å². The Kier molecular flexibility index (Phi) is 9.12. The normalized spacial score (nSPS) is 14.2. The molecule has 0 amide bonds. The molecule has 74 heavy (non-hydrogen) atoms. The lowest BCUT2D eigenvalue weighted by Crippen LogP contribution is -2.38. The quantitative estimate of drug-likeness (QED) is 0.167.